The molecular formula is C10H13ClN4. The largest absolute Gasteiger partial charge is 0.235 e. The molecule has 0 saturated carbocycles. The van der Waals surface area contributed by atoms with Gasteiger partial charge >= 0.3 is 0 Å². The van der Waals surface area contributed by atoms with Gasteiger partial charge in [-0.3, -0.25) is 0 Å². The van der Waals surface area contributed by atoms with Gasteiger partial charge in [-0.2, -0.15) is 0 Å². The molecule has 15 heavy (non-hydrogen) atoms. The van der Waals surface area contributed by atoms with Gasteiger partial charge < -0.3 is 0 Å². The maximum Gasteiger partial charge on any atom is 0.178 e. The van der Waals surface area contributed by atoms with Crippen LogP contribution in [0.15, 0.2) is 12.3 Å². The number of aromatic nitrogens is 4. The monoisotopic (exact) mass is 225 g/mol. The summed E-state index contributed by atoms with van der Waals surface area (Å²) in [6, 6.07) is 1.85. The van der Waals surface area contributed by atoms with Crippen LogP contribution in [0.1, 0.15) is 26.7 Å². The third-order valence-corrected chi connectivity index (χ3v) is 2.39. The van der Waals surface area contributed by atoms with Crippen LogP contribution in [0.25, 0.3) is 11.2 Å². The second kappa shape index (κ2) is 4.14. The maximum atomic E-state index is 7.92. The molecule has 2 rings (SSSR count). The van der Waals surface area contributed by atoms with Crippen LogP contribution in [0.5, 0.6) is 0 Å². The average Bonchev–Trinajstić information content (AvgIpc) is 2.60. The minimum absolute atomic E-state index is 0.478. The van der Waals surface area contributed by atoms with Crippen LogP contribution in [0.2, 0.25) is 0 Å². The van der Waals surface area contributed by atoms with Crippen LogP contribution >= 0.6 is 11.6 Å². The van der Waals surface area contributed by atoms with Gasteiger partial charge in [0.1, 0.15) is 5.52 Å². The van der Waals surface area contributed by atoms with E-state index in [-0.39, 0.29) is 0 Å². The second-order valence-corrected chi connectivity index (χ2v) is 3.95. The molecule has 0 spiro atoms. The summed E-state index contributed by atoms with van der Waals surface area (Å²) in [5.74, 6) is -0.191. The number of fused-ring (bicyclic) bond motifs is 1. The minimum Gasteiger partial charge on any atom is -0.235 e. The molecule has 2 aromatic rings. The lowest BCUT2D eigenvalue weighted by molar-refractivity contribution is 0.644. The van der Waals surface area contributed by atoms with Crippen molar-refractivity contribution in [2.45, 2.75) is 26.3 Å². The number of halogens is 1. The van der Waals surface area contributed by atoms with E-state index in [2.05, 4.69) is 15.3 Å². The van der Waals surface area contributed by atoms with Crippen molar-refractivity contribution in [3.63, 3.8) is 0 Å². The van der Waals surface area contributed by atoms with Gasteiger partial charge in [-0.15, -0.1) is 16.7 Å². The number of nitrogens with zero attached hydrogens (tertiary/aromatic N) is 4. The minimum atomic E-state index is -0.669. The molecule has 0 aliphatic carbocycles. The molecule has 0 fully saturated rings. The van der Waals surface area contributed by atoms with E-state index in [1.807, 2.05) is 19.9 Å². The third-order valence-electron chi connectivity index (χ3n) is 2.23. The molecule has 0 aliphatic heterocycles. The van der Waals surface area contributed by atoms with E-state index in [1.54, 1.807) is 10.9 Å². The van der Waals surface area contributed by atoms with Gasteiger partial charge in [-0.25, -0.2) is 9.67 Å². The number of hydrogen-bond donors (Lipinski definition) is 0. The van der Waals surface area contributed by atoms with Gasteiger partial charge in [-0.1, -0.05) is 19.1 Å². The summed E-state index contributed by atoms with van der Waals surface area (Å²) in [7, 11) is 0. The highest BCUT2D eigenvalue weighted by Crippen LogP contribution is 2.17. The van der Waals surface area contributed by atoms with Crippen LogP contribution in [0.4, 0.5) is 0 Å². The second-order valence-electron chi connectivity index (χ2n) is 3.57. The maximum absolute atomic E-state index is 7.92. The van der Waals surface area contributed by atoms with Crippen molar-refractivity contribution < 1.29 is 1.37 Å². The predicted octanol–water partition coefficient (Wildman–Crippen LogP) is 2.19. The van der Waals surface area contributed by atoms with Crippen LogP contribution in [-0.2, 0) is 6.54 Å². The van der Waals surface area contributed by atoms with Crippen molar-refractivity contribution in [3.05, 3.63) is 17.8 Å². The summed E-state index contributed by atoms with van der Waals surface area (Å²) in [4.78, 5) is 4.29. The predicted molar refractivity (Wildman–Crippen MR) is 60.1 cm³/mol. The summed E-state index contributed by atoms with van der Waals surface area (Å²) in [6.45, 7) is 4.23. The van der Waals surface area contributed by atoms with E-state index >= 15 is 0 Å². The van der Waals surface area contributed by atoms with Crippen molar-refractivity contribution in [2.24, 2.45) is 0 Å². The summed E-state index contributed by atoms with van der Waals surface area (Å²) in [5, 5.41) is 7.99. The van der Waals surface area contributed by atoms with E-state index < -0.39 is 5.89 Å². The number of pyridine rings is 1. The van der Waals surface area contributed by atoms with Crippen molar-refractivity contribution in [3.8, 4) is 0 Å². The molecule has 80 valence electrons. The Hall–Kier alpha value is -1.16. The Balaban J connectivity index is 2.49. The molecule has 0 N–H and O–H groups in total. The normalized spacial score (nSPS) is 13.1. The first kappa shape index (κ1) is 9.09. The molecule has 0 atom stereocenters. The molecular weight excluding hydrogens is 212 g/mol. The lowest BCUT2D eigenvalue weighted by Gasteiger charge is -2.03. The molecule has 0 bridgehead atoms. The number of rotatable bonds is 3. The summed E-state index contributed by atoms with van der Waals surface area (Å²) < 4.78 is 9.59. The van der Waals surface area contributed by atoms with E-state index in [0.29, 0.717) is 23.6 Å². The van der Waals surface area contributed by atoms with Gasteiger partial charge in [0.25, 0.3) is 0 Å². The first-order valence-electron chi connectivity index (χ1n) is 5.28. The molecule has 0 saturated heterocycles. The highest BCUT2D eigenvalue weighted by molar-refractivity contribution is 6.17. The van der Waals surface area contributed by atoms with E-state index in [4.69, 9.17) is 13.0 Å². The number of aryl methyl sites for hydroxylation is 1. The van der Waals surface area contributed by atoms with Crippen molar-refractivity contribution >= 4 is 22.8 Å². The SMILES string of the molecule is [2H]C(C)(C)c1cnc2c(c1)nnn2CCCl. The molecule has 2 aromatic heterocycles. The van der Waals surface area contributed by atoms with Crippen LogP contribution in [-0.4, -0.2) is 25.9 Å². The molecule has 4 nitrogen and oxygen atoms in total. The average molecular weight is 226 g/mol. The highest BCUT2D eigenvalue weighted by Gasteiger charge is 2.07. The lowest BCUT2D eigenvalue weighted by Crippen LogP contribution is -2.02. The van der Waals surface area contributed by atoms with E-state index in [1.165, 1.54) is 0 Å². The quantitative estimate of drug-likeness (QED) is 0.753. The zero-order chi connectivity index (χ0) is 11.8. The Morgan fingerprint density at radius 1 is 1.60 bits per heavy atom. The Kier molecular flexibility index (Phi) is 2.51. The van der Waals surface area contributed by atoms with E-state index in [9.17, 15) is 0 Å². The Morgan fingerprint density at radius 2 is 2.40 bits per heavy atom. The standard InChI is InChI=1S/C10H13ClN4/c1-7(2)8-5-9-10(12-6-8)15(4-3-11)14-13-9/h5-7H,3-4H2,1-2H3/i7D. The van der Waals surface area contributed by atoms with E-state index in [0.717, 1.165) is 5.56 Å². The molecule has 0 aliphatic rings. The van der Waals surface area contributed by atoms with Crippen molar-refractivity contribution in [2.75, 3.05) is 5.88 Å². The Bertz CT molecular complexity index is 503. The van der Waals surface area contributed by atoms with Gasteiger partial charge in [-0.05, 0) is 17.5 Å². The first-order valence-corrected chi connectivity index (χ1v) is 5.31. The zero-order valence-electron chi connectivity index (χ0n) is 9.74. The van der Waals surface area contributed by atoms with Gasteiger partial charge in [0.15, 0.2) is 5.65 Å². The summed E-state index contributed by atoms with van der Waals surface area (Å²) in [6.07, 6.45) is 1.70. The highest BCUT2D eigenvalue weighted by atomic mass is 35.5. The van der Waals surface area contributed by atoms with Crippen LogP contribution in [0, 0.1) is 0 Å². The molecule has 0 unspecified atom stereocenters. The fourth-order valence-corrected chi connectivity index (χ4v) is 1.53. The fourth-order valence-electron chi connectivity index (χ4n) is 1.37. The number of hydrogen-bond acceptors (Lipinski definition) is 3. The summed E-state index contributed by atoms with van der Waals surface area (Å²) >= 11 is 5.65. The van der Waals surface area contributed by atoms with Crippen LogP contribution in [0.3, 0.4) is 0 Å². The summed E-state index contributed by atoms with van der Waals surface area (Å²) in [5.41, 5.74) is 2.26. The lowest BCUT2D eigenvalue weighted by atomic mass is 10.1. The smallest absolute Gasteiger partial charge is 0.178 e. The Morgan fingerprint density at radius 3 is 3.07 bits per heavy atom. The molecule has 0 amide bonds. The molecule has 5 heteroatoms. The van der Waals surface area contributed by atoms with Crippen molar-refractivity contribution in [1.82, 2.24) is 20.0 Å². The topological polar surface area (TPSA) is 43.6 Å². The van der Waals surface area contributed by atoms with Gasteiger partial charge in [0.05, 0.1) is 6.54 Å². The molecule has 0 radical (unpaired) electrons. The molecule has 2 heterocycles. The fraction of sp³-hybridized carbons (Fsp3) is 0.500. The van der Waals surface area contributed by atoms with Gasteiger partial charge in [0.2, 0.25) is 0 Å². The molecule has 0 aromatic carbocycles. The third kappa shape index (κ3) is 1.95. The first-order chi connectivity index (χ1) is 7.52. The Labute approximate surface area is 94.7 Å². The van der Waals surface area contributed by atoms with Gasteiger partial charge in [0, 0.05) is 13.4 Å². The number of alkyl halides is 1. The van der Waals surface area contributed by atoms with Crippen LogP contribution < -0.4 is 0 Å². The van der Waals surface area contributed by atoms with Crippen molar-refractivity contribution in [1.29, 1.82) is 0 Å². The zero-order valence-corrected chi connectivity index (χ0v) is 9.49.